The summed E-state index contributed by atoms with van der Waals surface area (Å²) in [4.78, 5) is 21.9. The SMILES string of the molecule is CCC1C=C(c2ccc(C(=O)O)cc2)N=C(Nc2ccc(OC)c(OC)c2)c2ncsc21. The summed E-state index contributed by atoms with van der Waals surface area (Å²) < 4.78 is 10.8. The molecule has 0 aliphatic carbocycles. The molecule has 1 atom stereocenters. The van der Waals surface area contributed by atoms with Crippen molar-refractivity contribution >= 4 is 34.5 Å². The van der Waals surface area contributed by atoms with Crippen LogP contribution >= 0.6 is 11.3 Å². The van der Waals surface area contributed by atoms with Crippen molar-refractivity contribution in [2.45, 2.75) is 19.3 Å². The van der Waals surface area contributed by atoms with Crippen molar-refractivity contribution in [2.75, 3.05) is 19.5 Å². The molecule has 0 fully saturated rings. The van der Waals surface area contributed by atoms with Gasteiger partial charge in [0.1, 0.15) is 5.69 Å². The topological polar surface area (TPSA) is 93.0 Å². The van der Waals surface area contributed by atoms with Gasteiger partial charge in [-0.15, -0.1) is 11.3 Å². The summed E-state index contributed by atoms with van der Waals surface area (Å²) in [5.41, 5.74) is 5.28. The van der Waals surface area contributed by atoms with Crippen molar-refractivity contribution in [3.05, 3.63) is 75.7 Å². The van der Waals surface area contributed by atoms with Gasteiger partial charge in [0.25, 0.3) is 0 Å². The number of nitrogens with zero attached hydrogens (tertiary/aromatic N) is 2. The van der Waals surface area contributed by atoms with Crippen LogP contribution in [0, 0.1) is 0 Å². The number of anilines is 1. The summed E-state index contributed by atoms with van der Waals surface area (Å²) in [7, 11) is 3.19. The van der Waals surface area contributed by atoms with Crippen LogP contribution in [0.5, 0.6) is 11.5 Å². The van der Waals surface area contributed by atoms with Crippen LogP contribution in [-0.2, 0) is 0 Å². The number of thiazole rings is 1. The third kappa shape index (κ3) is 4.22. The van der Waals surface area contributed by atoms with Gasteiger partial charge in [0.05, 0.1) is 31.0 Å². The molecule has 0 bridgehead atoms. The first-order valence-electron chi connectivity index (χ1n) is 10.1. The largest absolute Gasteiger partial charge is 0.493 e. The number of hydrogen-bond acceptors (Lipinski definition) is 7. The smallest absolute Gasteiger partial charge is 0.335 e. The van der Waals surface area contributed by atoms with Crippen molar-refractivity contribution in [1.82, 2.24) is 4.98 Å². The molecule has 8 heteroatoms. The number of carboxylic acid groups (broad SMARTS) is 1. The lowest BCUT2D eigenvalue weighted by Crippen LogP contribution is -2.16. The number of ether oxygens (including phenoxy) is 2. The van der Waals surface area contributed by atoms with E-state index in [2.05, 4.69) is 23.3 Å². The zero-order valence-corrected chi connectivity index (χ0v) is 18.8. The van der Waals surface area contributed by atoms with Crippen LogP contribution in [0.1, 0.15) is 45.8 Å². The Labute approximate surface area is 190 Å². The molecule has 2 N–H and O–H groups in total. The Bertz CT molecular complexity index is 1200. The number of rotatable bonds is 6. The molecule has 2 aromatic carbocycles. The Balaban J connectivity index is 1.77. The van der Waals surface area contributed by atoms with Gasteiger partial charge in [-0.25, -0.2) is 14.8 Å². The third-order valence-electron chi connectivity index (χ3n) is 5.26. The Kier molecular flexibility index (Phi) is 6.23. The molecular weight excluding hydrogens is 426 g/mol. The van der Waals surface area contributed by atoms with Crippen molar-refractivity contribution < 1.29 is 19.4 Å². The molecule has 4 rings (SSSR count). The predicted molar refractivity (Wildman–Crippen MR) is 126 cm³/mol. The molecule has 0 radical (unpaired) electrons. The number of aromatic carboxylic acids is 1. The van der Waals surface area contributed by atoms with Crippen LogP contribution < -0.4 is 14.8 Å². The van der Waals surface area contributed by atoms with Gasteiger partial charge in [0, 0.05) is 22.5 Å². The summed E-state index contributed by atoms with van der Waals surface area (Å²) in [6.45, 7) is 2.13. The first-order chi connectivity index (χ1) is 15.5. The zero-order chi connectivity index (χ0) is 22.7. The maximum atomic E-state index is 11.2. The fraction of sp³-hybridized carbons (Fsp3) is 0.208. The monoisotopic (exact) mass is 449 g/mol. The van der Waals surface area contributed by atoms with Crippen LogP contribution in [0.3, 0.4) is 0 Å². The maximum absolute atomic E-state index is 11.2. The Hall–Kier alpha value is -3.65. The minimum absolute atomic E-state index is 0.153. The van der Waals surface area contributed by atoms with Crippen molar-refractivity contribution in [1.29, 1.82) is 0 Å². The Morgan fingerprint density at radius 3 is 2.53 bits per heavy atom. The summed E-state index contributed by atoms with van der Waals surface area (Å²) in [5.74, 6) is 1.07. The fourth-order valence-corrected chi connectivity index (χ4v) is 4.50. The number of fused-ring (bicyclic) bond motifs is 1. The minimum Gasteiger partial charge on any atom is -0.493 e. The van der Waals surface area contributed by atoms with E-state index in [4.69, 9.17) is 14.5 Å². The molecule has 1 aliphatic rings. The number of benzene rings is 2. The highest BCUT2D eigenvalue weighted by atomic mass is 32.1. The second kappa shape index (κ2) is 9.23. The van der Waals surface area contributed by atoms with E-state index in [0.717, 1.165) is 33.9 Å². The Morgan fingerprint density at radius 1 is 1.12 bits per heavy atom. The molecule has 3 aromatic rings. The van der Waals surface area contributed by atoms with E-state index in [1.54, 1.807) is 49.8 Å². The summed E-state index contributed by atoms with van der Waals surface area (Å²) >= 11 is 1.60. The molecule has 0 saturated heterocycles. The standard InChI is InChI=1S/C24H23N3O4S/c1-4-14-11-18(15-5-7-16(8-6-15)24(28)29)27-23(21-22(14)32-13-25-21)26-17-9-10-19(30-2)20(12-17)31-3/h5-14H,4H2,1-3H3,(H,26,27)(H,28,29). The van der Waals surface area contributed by atoms with Crippen molar-refractivity contribution in [3.63, 3.8) is 0 Å². The molecule has 32 heavy (non-hydrogen) atoms. The van der Waals surface area contributed by atoms with E-state index in [1.165, 1.54) is 0 Å². The van der Waals surface area contributed by atoms with E-state index < -0.39 is 5.97 Å². The van der Waals surface area contributed by atoms with E-state index >= 15 is 0 Å². The van der Waals surface area contributed by atoms with Gasteiger partial charge in [-0.1, -0.05) is 19.1 Å². The number of hydrogen-bond donors (Lipinski definition) is 2. The van der Waals surface area contributed by atoms with Gasteiger partial charge in [-0.05, 0) is 42.3 Å². The second-order valence-corrected chi connectivity index (χ2v) is 8.06. The highest BCUT2D eigenvalue weighted by Gasteiger charge is 2.24. The molecule has 1 unspecified atom stereocenters. The van der Waals surface area contributed by atoms with Crippen LogP contribution in [0.25, 0.3) is 5.70 Å². The first kappa shape index (κ1) is 21.6. The molecule has 0 spiro atoms. The number of carboxylic acids is 1. The zero-order valence-electron chi connectivity index (χ0n) is 18.0. The van der Waals surface area contributed by atoms with E-state index in [-0.39, 0.29) is 11.5 Å². The van der Waals surface area contributed by atoms with Gasteiger partial charge >= 0.3 is 5.97 Å². The lowest BCUT2D eigenvalue weighted by atomic mass is 10.00. The van der Waals surface area contributed by atoms with Crippen LogP contribution in [0.2, 0.25) is 0 Å². The number of methoxy groups -OCH3 is 2. The maximum Gasteiger partial charge on any atom is 0.335 e. The van der Waals surface area contributed by atoms with Gasteiger partial charge in [-0.3, -0.25) is 0 Å². The van der Waals surface area contributed by atoms with E-state index in [1.807, 2.05) is 23.7 Å². The highest BCUT2D eigenvalue weighted by molar-refractivity contribution is 7.10. The number of aliphatic imine (C=N–C) groups is 1. The highest BCUT2D eigenvalue weighted by Crippen LogP contribution is 2.36. The molecule has 1 aliphatic heterocycles. The summed E-state index contributed by atoms with van der Waals surface area (Å²) in [6, 6.07) is 12.3. The quantitative estimate of drug-likeness (QED) is 0.533. The van der Waals surface area contributed by atoms with E-state index in [0.29, 0.717) is 17.3 Å². The fourth-order valence-electron chi connectivity index (χ4n) is 3.56. The van der Waals surface area contributed by atoms with Crippen LogP contribution in [0.15, 0.2) is 59.0 Å². The molecule has 0 amide bonds. The average Bonchev–Trinajstić information content (AvgIpc) is 3.25. The average molecular weight is 450 g/mol. The first-order valence-corrected chi connectivity index (χ1v) is 11.0. The van der Waals surface area contributed by atoms with Crippen LogP contribution in [0.4, 0.5) is 5.69 Å². The number of nitrogens with one attached hydrogen (secondary N) is 1. The normalized spacial score (nSPS) is 15.2. The summed E-state index contributed by atoms with van der Waals surface area (Å²) in [5, 5.41) is 12.6. The lowest BCUT2D eigenvalue weighted by molar-refractivity contribution is 0.0697. The predicted octanol–water partition coefficient (Wildman–Crippen LogP) is 5.27. The third-order valence-corrected chi connectivity index (χ3v) is 6.22. The molecule has 0 saturated carbocycles. The molecule has 1 aromatic heterocycles. The number of allylic oxidation sites excluding steroid dienone is 1. The van der Waals surface area contributed by atoms with Crippen molar-refractivity contribution in [3.8, 4) is 11.5 Å². The van der Waals surface area contributed by atoms with Crippen LogP contribution in [-0.4, -0.2) is 36.1 Å². The van der Waals surface area contributed by atoms with Gasteiger partial charge in [0.2, 0.25) is 0 Å². The molecule has 164 valence electrons. The molecular formula is C24H23N3O4S. The minimum atomic E-state index is -0.955. The summed E-state index contributed by atoms with van der Waals surface area (Å²) in [6.07, 6.45) is 3.02. The number of aromatic nitrogens is 1. The van der Waals surface area contributed by atoms with Gasteiger partial charge in [0.15, 0.2) is 17.3 Å². The lowest BCUT2D eigenvalue weighted by Gasteiger charge is -2.13. The van der Waals surface area contributed by atoms with Gasteiger partial charge in [-0.2, -0.15) is 0 Å². The van der Waals surface area contributed by atoms with Gasteiger partial charge < -0.3 is 19.9 Å². The Morgan fingerprint density at radius 2 is 1.88 bits per heavy atom. The number of amidine groups is 1. The molecule has 7 nitrogen and oxygen atoms in total. The van der Waals surface area contributed by atoms with E-state index in [9.17, 15) is 9.90 Å². The number of carbonyl (C=O) groups is 1. The second-order valence-electron chi connectivity index (χ2n) is 7.17. The molecule has 2 heterocycles. The van der Waals surface area contributed by atoms with Crippen molar-refractivity contribution in [2.24, 2.45) is 4.99 Å².